The molecular formula is C22H14ClN3O3. The SMILES string of the molecule is O=C1C(=Cc2ccccc2[N+](=O)[O-])N=C(c2ccccc2)N1c1ccc(Cl)cc1. The molecule has 0 fully saturated rings. The molecule has 6 nitrogen and oxygen atoms in total. The summed E-state index contributed by atoms with van der Waals surface area (Å²) < 4.78 is 0. The average molecular weight is 404 g/mol. The molecule has 1 amide bonds. The van der Waals surface area contributed by atoms with E-state index >= 15 is 0 Å². The van der Waals surface area contributed by atoms with E-state index in [9.17, 15) is 14.9 Å². The lowest BCUT2D eigenvalue weighted by Gasteiger charge is -2.18. The van der Waals surface area contributed by atoms with E-state index in [1.807, 2.05) is 30.3 Å². The van der Waals surface area contributed by atoms with Gasteiger partial charge in [0.2, 0.25) is 0 Å². The molecule has 3 aromatic carbocycles. The van der Waals surface area contributed by atoms with Crippen LogP contribution in [0.3, 0.4) is 0 Å². The van der Waals surface area contributed by atoms with Crippen LogP contribution in [-0.4, -0.2) is 16.7 Å². The summed E-state index contributed by atoms with van der Waals surface area (Å²) in [6, 6.07) is 22.4. The topological polar surface area (TPSA) is 75.8 Å². The maximum atomic E-state index is 13.2. The van der Waals surface area contributed by atoms with Crippen LogP contribution >= 0.6 is 11.6 Å². The highest BCUT2D eigenvalue weighted by molar-refractivity contribution is 6.34. The molecule has 0 bridgehead atoms. The molecule has 1 heterocycles. The number of carbonyl (C=O) groups is 1. The number of aliphatic imine (C=N–C) groups is 1. The van der Waals surface area contributed by atoms with Gasteiger partial charge in [0.15, 0.2) is 0 Å². The Balaban J connectivity index is 1.85. The molecule has 1 aliphatic heterocycles. The van der Waals surface area contributed by atoms with Gasteiger partial charge in [0.1, 0.15) is 11.5 Å². The van der Waals surface area contributed by atoms with E-state index in [2.05, 4.69) is 4.99 Å². The second-order valence-corrected chi connectivity index (χ2v) is 6.70. The van der Waals surface area contributed by atoms with Crippen molar-refractivity contribution in [2.24, 2.45) is 4.99 Å². The van der Waals surface area contributed by atoms with Crippen molar-refractivity contribution in [1.82, 2.24) is 0 Å². The summed E-state index contributed by atoms with van der Waals surface area (Å²) in [7, 11) is 0. The van der Waals surface area contributed by atoms with Gasteiger partial charge in [-0.25, -0.2) is 4.99 Å². The van der Waals surface area contributed by atoms with Gasteiger partial charge in [-0.15, -0.1) is 0 Å². The predicted octanol–water partition coefficient (Wildman–Crippen LogP) is 5.08. The smallest absolute Gasteiger partial charge is 0.266 e. The molecule has 1 aliphatic rings. The molecule has 0 aromatic heterocycles. The van der Waals surface area contributed by atoms with Crippen LogP contribution in [0.1, 0.15) is 11.1 Å². The fourth-order valence-electron chi connectivity index (χ4n) is 3.05. The number of carbonyl (C=O) groups excluding carboxylic acids is 1. The highest BCUT2D eigenvalue weighted by Crippen LogP contribution is 2.30. The third kappa shape index (κ3) is 3.66. The van der Waals surface area contributed by atoms with Gasteiger partial charge < -0.3 is 0 Å². The zero-order valence-corrected chi connectivity index (χ0v) is 15.8. The molecule has 0 unspecified atom stereocenters. The summed E-state index contributed by atoms with van der Waals surface area (Å²) in [4.78, 5) is 30.0. The van der Waals surface area contributed by atoms with Crippen LogP contribution in [0.25, 0.3) is 6.08 Å². The lowest BCUT2D eigenvalue weighted by atomic mass is 10.1. The van der Waals surface area contributed by atoms with Crippen molar-refractivity contribution in [3.63, 3.8) is 0 Å². The molecule has 3 aromatic rings. The van der Waals surface area contributed by atoms with Crippen LogP contribution in [0.5, 0.6) is 0 Å². The number of benzene rings is 3. The third-order valence-electron chi connectivity index (χ3n) is 4.40. The molecule has 0 spiro atoms. The van der Waals surface area contributed by atoms with Gasteiger partial charge in [0, 0.05) is 16.7 Å². The second-order valence-electron chi connectivity index (χ2n) is 6.26. The summed E-state index contributed by atoms with van der Waals surface area (Å²) in [5.41, 5.74) is 1.70. The summed E-state index contributed by atoms with van der Waals surface area (Å²) in [5.74, 6) is 0.0760. The highest BCUT2D eigenvalue weighted by Gasteiger charge is 2.32. The molecule has 0 atom stereocenters. The van der Waals surface area contributed by atoms with Gasteiger partial charge in [0.25, 0.3) is 11.6 Å². The first kappa shape index (κ1) is 18.6. The van der Waals surface area contributed by atoms with Gasteiger partial charge in [-0.1, -0.05) is 54.1 Å². The third-order valence-corrected chi connectivity index (χ3v) is 4.65. The van der Waals surface area contributed by atoms with E-state index in [1.165, 1.54) is 17.0 Å². The van der Waals surface area contributed by atoms with E-state index in [-0.39, 0.29) is 17.3 Å². The zero-order chi connectivity index (χ0) is 20.4. The molecule has 4 rings (SSSR count). The Bertz CT molecular complexity index is 1160. The Kier molecular flexibility index (Phi) is 4.93. The molecule has 142 valence electrons. The minimum atomic E-state index is -0.482. The number of hydrogen-bond donors (Lipinski definition) is 0. The Hall–Kier alpha value is -3.77. The number of rotatable bonds is 4. The lowest BCUT2D eigenvalue weighted by molar-refractivity contribution is -0.385. The van der Waals surface area contributed by atoms with Gasteiger partial charge in [-0.3, -0.25) is 19.8 Å². The Morgan fingerprint density at radius 3 is 2.28 bits per heavy atom. The minimum Gasteiger partial charge on any atom is -0.266 e. The Morgan fingerprint density at radius 2 is 1.59 bits per heavy atom. The van der Waals surface area contributed by atoms with Crippen LogP contribution in [0, 0.1) is 10.1 Å². The van der Waals surface area contributed by atoms with Gasteiger partial charge >= 0.3 is 0 Å². The van der Waals surface area contributed by atoms with Crippen LogP contribution in [0.4, 0.5) is 11.4 Å². The van der Waals surface area contributed by atoms with Crippen molar-refractivity contribution >= 4 is 40.8 Å². The fraction of sp³-hybridized carbons (Fsp3) is 0. The Labute approximate surface area is 171 Å². The number of anilines is 1. The van der Waals surface area contributed by atoms with Crippen LogP contribution in [0.15, 0.2) is 89.6 Å². The number of amides is 1. The predicted molar refractivity (Wildman–Crippen MR) is 113 cm³/mol. The Morgan fingerprint density at radius 1 is 0.931 bits per heavy atom. The van der Waals surface area contributed by atoms with Crippen LogP contribution < -0.4 is 4.90 Å². The first-order valence-electron chi connectivity index (χ1n) is 8.74. The molecule has 0 saturated heterocycles. The van der Waals surface area contributed by atoms with Gasteiger partial charge in [-0.05, 0) is 36.4 Å². The normalized spacial score (nSPS) is 14.9. The summed E-state index contributed by atoms with van der Waals surface area (Å²) in [5, 5.41) is 11.9. The largest absolute Gasteiger partial charge is 0.282 e. The lowest BCUT2D eigenvalue weighted by Crippen LogP contribution is -2.32. The fourth-order valence-corrected chi connectivity index (χ4v) is 3.18. The van der Waals surface area contributed by atoms with Crippen LogP contribution in [0.2, 0.25) is 5.02 Å². The molecule has 7 heteroatoms. The molecule has 29 heavy (non-hydrogen) atoms. The van der Waals surface area contributed by atoms with E-state index in [4.69, 9.17) is 11.6 Å². The van der Waals surface area contributed by atoms with Crippen molar-refractivity contribution in [3.05, 3.63) is 111 Å². The molecule has 0 N–H and O–H groups in total. The zero-order valence-electron chi connectivity index (χ0n) is 15.0. The number of amidine groups is 1. The van der Waals surface area contributed by atoms with Gasteiger partial charge in [-0.2, -0.15) is 0 Å². The number of para-hydroxylation sites is 1. The maximum Gasteiger partial charge on any atom is 0.282 e. The van der Waals surface area contributed by atoms with Crippen LogP contribution in [-0.2, 0) is 4.79 Å². The van der Waals surface area contributed by atoms with Gasteiger partial charge in [0.05, 0.1) is 16.2 Å². The second kappa shape index (κ2) is 7.69. The van der Waals surface area contributed by atoms with E-state index in [0.29, 0.717) is 22.1 Å². The standard InChI is InChI=1S/C22H14ClN3O3/c23-17-10-12-18(13-11-17)25-21(15-6-2-1-3-7-15)24-19(22(25)27)14-16-8-4-5-9-20(16)26(28)29/h1-14H. The van der Waals surface area contributed by atoms with Crippen molar-refractivity contribution in [2.45, 2.75) is 0 Å². The number of nitrogens with zero attached hydrogens (tertiary/aromatic N) is 3. The molecule has 0 saturated carbocycles. The quantitative estimate of drug-likeness (QED) is 0.346. The van der Waals surface area contributed by atoms with Crippen molar-refractivity contribution in [1.29, 1.82) is 0 Å². The van der Waals surface area contributed by atoms with Crippen molar-refractivity contribution in [2.75, 3.05) is 4.90 Å². The highest BCUT2D eigenvalue weighted by atomic mass is 35.5. The number of halogens is 1. The number of nitro groups is 1. The monoisotopic (exact) mass is 403 g/mol. The van der Waals surface area contributed by atoms with Crippen molar-refractivity contribution < 1.29 is 9.72 Å². The molecule has 0 aliphatic carbocycles. The summed E-state index contributed by atoms with van der Waals surface area (Å²) >= 11 is 5.98. The molecular weight excluding hydrogens is 390 g/mol. The average Bonchev–Trinajstić information content (AvgIpc) is 3.06. The minimum absolute atomic E-state index is 0.0887. The van der Waals surface area contributed by atoms with E-state index in [1.54, 1.807) is 42.5 Å². The first-order valence-corrected chi connectivity index (χ1v) is 9.11. The number of hydrogen-bond acceptors (Lipinski definition) is 4. The van der Waals surface area contributed by atoms with Crippen molar-refractivity contribution in [3.8, 4) is 0 Å². The van der Waals surface area contributed by atoms with E-state index in [0.717, 1.165) is 5.56 Å². The summed E-state index contributed by atoms with van der Waals surface area (Å²) in [6.45, 7) is 0. The first-order chi connectivity index (χ1) is 14.0. The maximum absolute atomic E-state index is 13.2. The number of nitro benzene ring substituents is 1. The molecule has 0 radical (unpaired) electrons. The summed E-state index contributed by atoms with van der Waals surface area (Å²) in [6.07, 6.45) is 1.44. The van der Waals surface area contributed by atoms with E-state index < -0.39 is 4.92 Å².